The number of hydrogen-bond acceptors (Lipinski definition) is 2. The van der Waals surface area contributed by atoms with E-state index in [-0.39, 0.29) is 6.61 Å². The molecule has 1 aliphatic rings. The van der Waals surface area contributed by atoms with Gasteiger partial charge in [-0.15, -0.1) is 0 Å². The summed E-state index contributed by atoms with van der Waals surface area (Å²) in [5.74, 6) is 0. The maximum Gasteiger partial charge on any atom is 0.0650 e. The lowest BCUT2D eigenvalue weighted by molar-refractivity contribution is 0.151. The van der Waals surface area contributed by atoms with E-state index < -0.39 is 0 Å². The highest BCUT2D eigenvalue weighted by molar-refractivity contribution is 5.04. The van der Waals surface area contributed by atoms with E-state index in [1.54, 1.807) is 0 Å². The van der Waals surface area contributed by atoms with E-state index in [1.807, 2.05) is 0 Å². The Balaban J connectivity index is 2.28. The Kier molecular flexibility index (Phi) is 2.74. The topological polar surface area (TPSA) is 29.5 Å². The van der Waals surface area contributed by atoms with Crippen LogP contribution in [0.5, 0.6) is 0 Å². The number of ether oxygens (including phenoxy) is 1. The lowest BCUT2D eigenvalue weighted by atomic mass is 10.1. The van der Waals surface area contributed by atoms with Crippen molar-refractivity contribution >= 4 is 0 Å². The van der Waals surface area contributed by atoms with Crippen molar-refractivity contribution in [2.45, 2.75) is 12.8 Å². The van der Waals surface area contributed by atoms with Crippen LogP contribution in [-0.2, 0) is 4.74 Å². The molecule has 0 unspecified atom stereocenters. The zero-order chi connectivity index (χ0) is 6.53. The number of aliphatic hydroxyl groups is 1. The van der Waals surface area contributed by atoms with Crippen LogP contribution in [-0.4, -0.2) is 24.9 Å². The van der Waals surface area contributed by atoms with E-state index in [0.717, 1.165) is 26.1 Å². The Bertz CT molecular complexity index is 107. The minimum absolute atomic E-state index is 0.270. The summed E-state index contributed by atoms with van der Waals surface area (Å²) in [7, 11) is 0. The summed E-state index contributed by atoms with van der Waals surface area (Å²) in [5.41, 5.74) is 1.34. The Morgan fingerprint density at radius 3 is 3.11 bits per heavy atom. The number of rotatable bonds is 2. The second-order valence-electron chi connectivity index (χ2n) is 2.16. The first-order valence-corrected chi connectivity index (χ1v) is 3.30. The molecule has 0 saturated heterocycles. The third kappa shape index (κ3) is 2.16. The largest absolute Gasteiger partial charge is 0.396 e. The van der Waals surface area contributed by atoms with Gasteiger partial charge in [-0.2, -0.15) is 0 Å². The Morgan fingerprint density at radius 2 is 2.56 bits per heavy atom. The summed E-state index contributed by atoms with van der Waals surface area (Å²) in [5, 5.41) is 8.54. The van der Waals surface area contributed by atoms with Gasteiger partial charge in [-0.25, -0.2) is 0 Å². The Morgan fingerprint density at radius 1 is 1.67 bits per heavy atom. The molecule has 1 aliphatic heterocycles. The van der Waals surface area contributed by atoms with Crippen molar-refractivity contribution in [3.63, 3.8) is 0 Å². The third-order valence-electron chi connectivity index (χ3n) is 1.49. The first-order chi connectivity index (χ1) is 4.43. The molecular weight excluding hydrogens is 116 g/mol. The highest BCUT2D eigenvalue weighted by Crippen LogP contribution is 2.10. The van der Waals surface area contributed by atoms with Crippen LogP contribution in [0.1, 0.15) is 12.8 Å². The predicted molar refractivity (Wildman–Crippen MR) is 35.2 cm³/mol. The van der Waals surface area contributed by atoms with Crippen LogP contribution in [0.25, 0.3) is 0 Å². The molecule has 0 spiro atoms. The van der Waals surface area contributed by atoms with Gasteiger partial charge < -0.3 is 9.84 Å². The summed E-state index contributed by atoms with van der Waals surface area (Å²) in [6.07, 6.45) is 3.88. The first-order valence-electron chi connectivity index (χ1n) is 3.30. The van der Waals surface area contributed by atoms with E-state index in [1.165, 1.54) is 5.57 Å². The van der Waals surface area contributed by atoms with E-state index in [2.05, 4.69) is 6.08 Å². The molecule has 0 aromatic heterocycles. The Labute approximate surface area is 55.1 Å². The van der Waals surface area contributed by atoms with Crippen molar-refractivity contribution in [2.75, 3.05) is 19.8 Å². The quantitative estimate of drug-likeness (QED) is 0.555. The average molecular weight is 128 g/mol. The van der Waals surface area contributed by atoms with Gasteiger partial charge in [0, 0.05) is 6.61 Å². The molecule has 0 amide bonds. The van der Waals surface area contributed by atoms with Crippen molar-refractivity contribution in [3.8, 4) is 0 Å². The van der Waals surface area contributed by atoms with Gasteiger partial charge in [-0.3, -0.25) is 0 Å². The van der Waals surface area contributed by atoms with Crippen LogP contribution in [0.4, 0.5) is 0 Å². The Hall–Kier alpha value is -0.340. The monoisotopic (exact) mass is 128 g/mol. The van der Waals surface area contributed by atoms with Crippen LogP contribution >= 0.6 is 0 Å². The molecule has 0 radical (unpaired) electrons. The van der Waals surface area contributed by atoms with E-state index in [0.29, 0.717) is 0 Å². The summed E-state index contributed by atoms with van der Waals surface area (Å²) >= 11 is 0. The van der Waals surface area contributed by atoms with E-state index in [4.69, 9.17) is 9.84 Å². The zero-order valence-corrected chi connectivity index (χ0v) is 5.47. The molecule has 0 aliphatic carbocycles. The molecule has 2 nitrogen and oxygen atoms in total. The molecule has 2 heteroatoms. The fourth-order valence-corrected chi connectivity index (χ4v) is 0.936. The molecule has 0 atom stereocenters. The molecule has 1 N–H and O–H groups in total. The molecule has 0 aromatic carbocycles. The fraction of sp³-hybridized carbons (Fsp3) is 0.714. The van der Waals surface area contributed by atoms with E-state index in [9.17, 15) is 0 Å². The van der Waals surface area contributed by atoms with Gasteiger partial charge in [-0.05, 0) is 12.8 Å². The van der Waals surface area contributed by atoms with Gasteiger partial charge in [0.2, 0.25) is 0 Å². The summed E-state index contributed by atoms with van der Waals surface area (Å²) in [6, 6.07) is 0. The van der Waals surface area contributed by atoms with Crippen LogP contribution < -0.4 is 0 Å². The lowest BCUT2D eigenvalue weighted by Crippen LogP contribution is -2.05. The minimum Gasteiger partial charge on any atom is -0.396 e. The molecule has 0 fully saturated rings. The minimum atomic E-state index is 0.270. The predicted octanol–water partition coefficient (Wildman–Crippen LogP) is 0.716. The van der Waals surface area contributed by atoms with Gasteiger partial charge in [0.15, 0.2) is 0 Å². The zero-order valence-electron chi connectivity index (χ0n) is 5.47. The molecule has 0 bridgehead atoms. The van der Waals surface area contributed by atoms with Gasteiger partial charge in [-0.1, -0.05) is 11.6 Å². The maximum atomic E-state index is 8.54. The SMILES string of the molecule is OCCC1=CCOCC1. The molecule has 1 rings (SSSR count). The molecule has 1 heterocycles. The fourth-order valence-electron chi connectivity index (χ4n) is 0.936. The normalized spacial score (nSPS) is 19.4. The molecule has 0 saturated carbocycles. The van der Waals surface area contributed by atoms with Gasteiger partial charge in [0.1, 0.15) is 0 Å². The highest BCUT2D eigenvalue weighted by Gasteiger charge is 2.00. The molecule has 0 aromatic rings. The number of hydrogen-bond donors (Lipinski definition) is 1. The highest BCUT2D eigenvalue weighted by atomic mass is 16.5. The first kappa shape index (κ1) is 6.78. The van der Waals surface area contributed by atoms with Crippen LogP contribution in [0.15, 0.2) is 11.6 Å². The van der Waals surface area contributed by atoms with Gasteiger partial charge >= 0.3 is 0 Å². The smallest absolute Gasteiger partial charge is 0.0650 e. The summed E-state index contributed by atoms with van der Waals surface area (Å²) in [4.78, 5) is 0. The molecule has 9 heavy (non-hydrogen) atoms. The van der Waals surface area contributed by atoms with Crippen LogP contribution in [0.2, 0.25) is 0 Å². The summed E-state index contributed by atoms with van der Waals surface area (Å²) in [6.45, 7) is 1.83. The van der Waals surface area contributed by atoms with E-state index >= 15 is 0 Å². The molecule has 52 valence electrons. The second-order valence-corrected chi connectivity index (χ2v) is 2.16. The van der Waals surface area contributed by atoms with Crippen molar-refractivity contribution in [3.05, 3.63) is 11.6 Å². The van der Waals surface area contributed by atoms with Gasteiger partial charge in [0.05, 0.1) is 13.2 Å². The van der Waals surface area contributed by atoms with Crippen molar-refractivity contribution < 1.29 is 9.84 Å². The second kappa shape index (κ2) is 3.64. The van der Waals surface area contributed by atoms with Crippen molar-refractivity contribution in [1.29, 1.82) is 0 Å². The van der Waals surface area contributed by atoms with Crippen molar-refractivity contribution in [2.24, 2.45) is 0 Å². The maximum absolute atomic E-state index is 8.54. The van der Waals surface area contributed by atoms with Gasteiger partial charge in [0.25, 0.3) is 0 Å². The third-order valence-corrected chi connectivity index (χ3v) is 1.49. The van der Waals surface area contributed by atoms with Crippen LogP contribution in [0, 0.1) is 0 Å². The number of aliphatic hydroxyl groups excluding tert-OH is 1. The lowest BCUT2D eigenvalue weighted by Gasteiger charge is -2.11. The standard InChI is InChI=1S/C7H12O2/c8-4-1-7-2-5-9-6-3-7/h2,8H,1,3-6H2. The molecular formula is C7H12O2. The summed E-state index contributed by atoms with van der Waals surface area (Å²) < 4.78 is 5.09. The van der Waals surface area contributed by atoms with Crippen LogP contribution in [0.3, 0.4) is 0 Å². The van der Waals surface area contributed by atoms with Crippen molar-refractivity contribution in [1.82, 2.24) is 0 Å². The average Bonchev–Trinajstić information content (AvgIpc) is 1.91.